The molecule has 1 saturated carbocycles. The third-order valence-electron chi connectivity index (χ3n) is 3.99. The summed E-state index contributed by atoms with van der Waals surface area (Å²) < 4.78 is 0. The number of hydrogen-bond donors (Lipinski definition) is 2. The number of amides is 1. The van der Waals surface area contributed by atoms with Gasteiger partial charge in [0.05, 0.1) is 10.8 Å². The molecule has 0 saturated heterocycles. The van der Waals surface area contributed by atoms with Crippen LogP contribution < -0.4 is 5.32 Å². The van der Waals surface area contributed by atoms with Crippen LogP contribution in [0.25, 0.3) is 0 Å². The average Bonchev–Trinajstić information content (AvgIpc) is 3.18. The van der Waals surface area contributed by atoms with Gasteiger partial charge in [-0.05, 0) is 38.7 Å². The van der Waals surface area contributed by atoms with E-state index in [4.69, 9.17) is 5.11 Å². The van der Waals surface area contributed by atoms with E-state index in [1.807, 2.05) is 30.3 Å². The fraction of sp³-hybridized carbons (Fsp3) is 0.500. The van der Waals surface area contributed by atoms with Gasteiger partial charge >= 0.3 is 5.97 Å². The smallest absolute Gasteiger partial charge is 0.310 e. The molecule has 4 heteroatoms. The molecular weight excluding hydrogens is 254 g/mol. The number of carbonyl (C=O) groups is 2. The van der Waals surface area contributed by atoms with Gasteiger partial charge in [-0.25, -0.2) is 0 Å². The summed E-state index contributed by atoms with van der Waals surface area (Å²) in [5, 5.41) is 11.9. The molecule has 0 bridgehead atoms. The summed E-state index contributed by atoms with van der Waals surface area (Å²) in [6.07, 6.45) is 2.48. The van der Waals surface area contributed by atoms with Crippen LogP contribution in [0, 0.1) is 10.8 Å². The summed E-state index contributed by atoms with van der Waals surface area (Å²) in [6.45, 7) is 3.40. The Morgan fingerprint density at radius 3 is 2.35 bits per heavy atom. The van der Waals surface area contributed by atoms with Gasteiger partial charge in [0, 0.05) is 6.54 Å². The summed E-state index contributed by atoms with van der Waals surface area (Å²) in [4.78, 5) is 23.3. The van der Waals surface area contributed by atoms with Crippen LogP contribution in [0.5, 0.6) is 0 Å². The zero-order valence-electron chi connectivity index (χ0n) is 12.0. The molecule has 1 aromatic carbocycles. The lowest BCUT2D eigenvalue weighted by atomic mass is 9.92. The Kier molecular flexibility index (Phi) is 3.84. The maximum Gasteiger partial charge on any atom is 0.310 e. The lowest BCUT2D eigenvalue weighted by molar-refractivity contribution is -0.147. The molecule has 1 aromatic rings. The molecular formula is C16H21NO3. The van der Waals surface area contributed by atoms with E-state index >= 15 is 0 Å². The van der Waals surface area contributed by atoms with Crippen molar-refractivity contribution in [3.63, 3.8) is 0 Å². The highest BCUT2D eigenvalue weighted by Crippen LogP contribution is 2.48. The Morgan fingerprint density at radius 2 is 1.85 bits per heavy atom. The molecule has 0 aliphatic heterocycles. The molecule has 0 atom stereocenters. The van der Waals surface area contributed by atoms with Crippen molar-refractivity contribution >= 4 is 11.9 Å². The highest BCUT2D eigenvalue weighted by Gasteiger charge is 2.49. The summed E-state index contributed by atoms with van der Waals surface area (Å²) in [5.41, 5.74) is -0.105. The van der Waals surface area contributed by atoms with Crippen LogP contribution in [0.2, 0.25) is 0 Å². The minimum absolute atomic E-state index is 0.0179. The van der Waals surface area contributed by atoms with Gasteiger partial charge in [-0.15, -0.1) is 0 Å². The molecule has 20 heavy (non-hydrogen) atoms. The molecule has 1 aliphatic carbocycles. The van der Waals surface area contributed by atoms with Gasteiger partial charge in [-0.2, -0.15) is 0 Å². The number of hydrogen-bond acceptors (Lipinski definition) is 2. The molecule has 1 aliphatic rings. The van der Waals surface area contributed by atoms with Gasteiger partial charge in [0.25, 0.3) is 0 Å². The van der Waals surface area contributed by atoms with E-state index in [1.54, 1.807) is 13.8 Å². The number of rotatable bonds is 6. The van der Waals surface area contributed by atoms with Crippen LogP contribution in [0.3, 0.4) is 0 Å². The molecule has 0 unspecified atom stereocenters. The molecule has 0 aromatic heterocycles. The zero-order valence-corrected chi connectivity index (χ0v) is 12.0. The Morgan fingerprint density at radius 1 is 1.25 bits per heavy atom. The number of carbonyl (C=O) groups excluding carboxylic acids is 1. The van der Waals surface area contributed by atoms with Crippen molar-refractivity contribution in [1.82, 2.24) is 5.32 Å². The molecule has 0 spiro atoms. The average molecular weight is 275 g/mol. The second-order valence-electron chi connectivity index (χ2n) is 6.31. The van der Waals surface area contributed by atoms with Gasteiger partial charge in [0.2, 0.25) is 5.91 Å². The fourth-order valence-corrected chi connectivity index (χ4v) is 2.19. The number of nitrogens with one attached hydrogen (secondary N) is 1. The standard InChI is InChI=1S/C16H21NO3/c1-15(2,14(19)20)11-17-13(18)16(8-9-16)10-12-6-4-3-5-7-12/h3-7H,8-11H2,1-2H3,(H,17,18)(H,19,20). The lowest BCUT2D eigenvalue weighted by Crippen LogP contribution is -2.42. The minimum Gasteiger partial charge on any atom is -0.481 e. The van der Waals surface area contributed by atoms with Crippen LogP contribution >= 0.6 is 0 Å². The van der Waals surface area contributed by atoms with Crippen LogP contribution in [0.15, 0.2) is 30.3 Å². The fourth-order valence-electron chi connectivity index (χ4n) is 2.19. The van der Waals surface area contributed by atoms with E-state index in [2.05, 4.69) is 5.32 Å². The van der Waals surface area contributed by atoms with Gasteiger partial charge in [0.1, 0.15) is 0 Å². The lowest BCUT2D eigenvalue weighted by Gasteiger charge is -2.22. The van der Waals surface area contributed by atoms with Gasteiger partial charge in [-0.3, -0.25) is 9.59 Å². The number of carboxylic acids is 1. The van der Waals surface area contributed by atoms with E-state index in [1.165, 1.54) is 0 Å². The van der Waals surface area contributed by atoms with Crippen LogP contribution in [-0.4, -0.2) is 23.5 Å². The number of carboxylic acid groups (broad SMARTS) is 1. The first-order valence-electron chi connectivity index (χ1n) is 6.91. The van der Waals surface area contributed by atoms with Crippen molar-refractivity contribution < 1.29 is 14.7 Å². The Bertz CT molecular complexity index is 504. The van der Waals surface area contributed by atoms with Crippen molar-refractivity contribution in [3.05, 3.63) is 35.9 Å². The normalized spacial score (nSPS) is 16.5. The summed E-state index contributed by atoms with van der Waals surface area (Å²) >= 11 is 0. The van der Waals surface area contributed by atoms with E-state index in [9.17, 15) is 9.59 Å². The van der Waals surface area contributed by atoms with Gasteiger partial charge < -0.3 is 10.4 Å². The zero-order chi connectivity index (χ0) is 14.8. The largest absolute Gasteiger partial charge is 0.481 e. The predicted octanol–water partition coefficient (Wildman–Crippen LogP) is 2.24. The summed E-state index contributed by atoms with van der Waals surface area (Å²) in [5.74, 6) is -0.915. The summed E-state index contributed by atoms with van der Waals surface area (Å²) in [6, 6.07) is 9.94. The van der Waals surface area contributed by atoms with Gasteiger partial charge in [-0.1, -0.05) is 30.3 Å². The number of benzene rings is 1. The van der Waals surface area contributed by atoms with Crippen molar-refractivity contribution in [1.29, 1.82) is 0 Å². The molecule has 0 heterocycles. The van der Waals surface area contributed by atoms with Crippen molar-refractivity contribution in [2.75, 3.05) is 6.54 Å². The van der Waals surface area contributed by atoms with Crippen molar-refractivity contribution in [2.45, 2.75) is 33.1 Å². The molecule has 4 nitrogen and oxygen atoms in total. The Hall–Kier alpha value is -1.84. The van der Waals surface area contributed by atoms with Crippen molar-refractivity contribution in [3.8, 4) is 0 Å². The first-order chi connectivity index (χ1) is 9.36. The maximum atomic E-state index is 12.3. The molecule has 2 N–H and O–H groups in total. The monoisotopic (exact) mass is 275 g/mol. The molecule has 1 fully saturated rings. The first kappa shape index (κ1) is 14.6. The van der Waals surface area contributed by atoms with Crippen molar-refractivity contribution in [2.24, 2.45) is 10.8 Å². The highest BCUT2D eigenvalue weighted by molar-refractivity contribution is 5.86. The predicted molar refractivity (Wildman–Crippen MR) is 76.2 cm³/mol. The Balaban J connectivity index is 1.94. The van der Waals surface area contributed by atoms with Crippen LogP contribution in [0.4, 0.5) is 0 Å². The topological polar surface area (TPSA) is 66.4 Å². The quantitative estimate of drug-likeness (QED) is 0.836. The van der Waals surface area contributed by atoms with E-state index in [0.29, 0.717) is 0 Å². The van der Waals surface area contributed by atoms with Crippen LogP contribution in [-0.2, 0) is 16.0 Å². The van der Waals surface area contributed by atoms with E-state index < -0.39 is 11.4 Å². The third kappa shape index (κ3) is 3.18. The molecule has 2 rings (SSSR count). The molecule has 1 amide bonds. The molecule has 108 valence electrons. The molecule has 0 radical (unpaired) electrons. The SMILES string of the molecule is CC(C)(CNC(=O)C1(Cc2ccccc2)CC1)C(=O)O. The van der Waals surface area contributed by atoms with Crippen LogP contribution in [0.1, 0.15) is 32.3 Å². The van der Waals surface area contributed by atoms with E-state index in [-0.39, 0.29) is 17.9 Å². The highest BCUT2D eigenvalue weighted by atomic mass is 16.4. The number of aliphatic carboxylic acids is 1. The second-order valence-corrected chi connectivity index (χ2v) is 6.31. The minimum atomic E-state index is -0.932. The van der Waals surface area contributed by atoms with E-state index in [0.717, 1.165) is 24.8 Å². The second kappa shape index (κ2) is 5.27. The van der Waals surface area contributed by atoms with Gasteiger partial charge in [0.15, 0.2) is 0 Å². The summed E-state index contributed by atoms with van der Waals surface area (Å²) in [7, 11) is 0. The maximum absolute atomic E-state index is 12.3. The Labute approximate surface area is 119 Å². The third-order valence-corrected chi connectivity index (χ3v) is 3.99. The first-order valence-corrected chi connectivity index (χ1v) is 6.91.